The molecule has 0 spiro atoms. The Morgan fingerprint density at radius 3 is 2.41 bits per heavy atom. The first-order chi connectivity index (χ1) is 19.2. The maximum Gasteiger partial charge on any atom is 0.108 e. The van der Waals surface area contributed by atoms with Gasteiger partial charge in [-0.25, -0.2) is 0 Å². The lowest BCUT2D eigenvalue weighted by atomic mass is 10.0. The van der Waals surface area contributed by atoms with E-state index in [1.807, 2.05) is 6.08 Å². The van der Waals surface area contributed by atoms with Crippen LogP contribution >= 0.6 is 0 Å². The normalized spacial score (nSPS) is 14.5. The predicted molar refractivity (Wildman–Crippen MR) is 169 cm³/mol. The van der Waals surface area contributed by atoms with Crippen LogP contribution in [0.3, 0.4) is 0 Å². The zero-order valence-corrected chi connectivity index (χ0v) is 22.8. The van der Waals surface area contributed by atoms with Crippen LogP contribution in [-0.4, -0.2) is 9.13 Å². The summed E-state index contributed by atoms with van der Waals surface area (Å²) < 4.78 is 4.67. The van der Waals surface area contributed by atoms with Gasteiger partial charge in [0.1, 0.15) is 5.82 Å². The van der Waals surface area contributed by atoms with E-state index in [4.69, 9.17) is 5.73 Å². The molecular weight excluding hydrogens is 474 g/mol. The minimum atomic E-state index is 0.754. The lowest BCUT2D eigenvalue weighted by molar-refractivity contribution is 0.891. The van der Waals surface area contributed by atoms with Gasteiger partial charge in [-0.2, -0.15) is 0 Å². The molecule has 5 aromatic rings. The Kier molecular flexibility index (Phi) is 6.81. The van der Waals surface area contributed by atoms with Crippen molar-refractivity contribution in [1.29, 1.82) is 0 Å². The van der Waals surface area contributed by atoms with Crippen LogP contribution in [0.2, 0.25) is 0 Å². The van der Waals surface area contributed by atoms with Crippen molar-refractivity contribution in [1.82, 2.24) is 9.13 Å². The number of hydrogen-bond donors (Lipinski definition) is 1. The predicted octanol–water partition coefficient (Wildman–Crippen LogP) is 9.09. The van der Waals surface area contributed by atoms with Crippen LogP contribution in [0.15, 0.2) is 109 Å². The first-order valence-corrected chi connectivity index (χ1v) is 13.9. The van der Waals surface area contributed by atoms with Crippen molar-refractivity contribution in [2.45, 2.75) is 39.5 Å². The second-order valence-electron chi connectivity index (χ2n) is 10.2. The standard InChI is InChI=1S/C36H35N3/c1-3-4-6-15-26(2)38-32-21-12-10-19-28(32)30-25-35-31(24-34(30)38)29-20-11-13-22-33(29)39(35)36(37)23-14-9-18-27-16-7-5-8-17-27/h4-12,14-17,19-21,23-25H,3,13,18,22,37H2,1-2H3/b6-4-,14-9-,26-15+,36-23+. The van der Waals surface area contributed by atoms with Gasteiger partial charge in [0.05, 0.1) is 16.6 Å². The van der Waals surface area contributed by atoms with Crippen LogP contribution in [0.1, 0.15) is 43.5 Å². The fourth-order valence-electron chi connectivity index (χ4n) is 5.83. The summed E-state index contributed by atoms with van der Waals surface area (Å²) in [5.74, 6) is 0.754. The number of fused-ring (bicyclic) bond motifs is 6. The van der Waals surface area contributed by atoms with Crippen molar-refractivity contribution in [2.75, 3.05) is 0 Å². The van der Waals surface area contributed by atoms with E-state index in [9.17, 15) is 0 Å². The number of nitrogens with zero attached hydrogens (tertiary/aromatic N) is 2. The maximum atomic E-state index is 6.81. The second-order valence-corrected chi connectivity index (χ2v) is 10.2. The molecule has 0 aliphatic heterocycles. The molecule has 0 bridgehead atoms. The minimum Gasteiger partial charge on any atom is -0.385 e. The van der Waals surface area contributed by atoms with E-state index in [0.29, 0.717) is 0 Å². The molecule has 0 saturated carbocycles. The molecule has 2 aromatic heterocycles. The average molecular weight is 510 g/mol. The molecule has 0 unspecified atom stereocenters. The monoisotopic (exact) mass is 509 g/mol. The van der Waals surface area contributed by atoms with Gasteiger partial charge in [-0.05, 0) is 68.5 Å². The zero-order chi connectivity index (χ0) is 26.8. The third-order valence-corrected chi connectivity index (χ3v) is 7.65. The van der Waals surface area contributed by atoms with Gasteiger partial charge >= 0.3 is 0 Å². The maximum absolute atomic E-state index is 6.81. The van der Waals surface area contributed by atoms with E-state index in [2.05, 4.69) is 132 Å². The van der Waals surface area contributed by atoms with E-state index in [1.54, 1.807) is 0 Å². The van der Waals surface area contributed by atoms with Gasteiger partial charge in [-0.1, -0.05) is 91.9 Å². The van der Waals surface area contributed by atoms with E-state index in [0.717, 1.165) is 31.5 Å². The van der Waals surface area contributed by atoms with Crippen LogP contribution in [-0.2, 0) is 12.8 Å². The van der Waals surface area contributed by atoms with Crippen molar-refractivity contribution >= 4 is 50.3 Å². The minimum absolute atomic E-state index is 0.754. The number of benzene rings is 3. The SMILES string of the molecule is CC/C=C\C=C(/C)n1c2ccccc2c2cc3c(cc21)c1c(n3/C(N)=C/C=C\Cc2ccccc2)CCC=C1. The summed E-state index contributed by atoms with van der Waals surface area (Å²) in [4.78, 5) is 0. The summed E-state index contributed by atoms with van der Waals surface area (Å²) in [5, 5.41) is 3.75. The average Bonchev–Trinajstić information content (AvgIpc) is 3.47. The summed E-state index contributed by atoms with van der Waals surface area (Å²) in [6.07, 6.45) is 21.4. The Morgan fingerprint density at radius 2 is 1.56 bits per heavy atom. The largest absolute Gasteiger partial charge is 0.385 e. The van der Waals surface area contributed by atoms with E-state index < -0.39 is 0 Å². The molecule has 2 N–H and O–H groups in total. The van der Waals surface area contributed by atoms with Crippen molar-refractivity contribution in [3.05, 3.63) is 126 Å². The highest BCUT2D eigenvalue weighted by molar-refractivity contribution is 6.15. The van der Waals surface area contributed by atoms with Crippen molar-refractivity contribution in [3.8, 4) is 0 Å². The number of rotatable bonds is 7. The van der Waals surface area contributed by atoms with Gasteiger partial charge in [-0.15, -0.1) is 0 Å². The second kappa shape index (κ2) is 10.7. The molecule has 194 valence electrons. The molecule has 0 radical (unpaired) electrons. The summed E-state index contributed by atoms with van der Waals surface area (Å²) in [5.41, 5.74) is 15.5. The van der Waals surface area contributed by atoms with Crippen LogP contribution in [0.4, 0.5) is 0 Å². The zero-order valence-electron chi connectivity index (χ0n) is 22.8. The van der Waals surface area contributed by atoms with Gasteiger partial charge in [-0.3, -0.25) is 4.57 Å². The highest BCUT2D eigenvalue weighted by Gasteiger charge is 2.21. The molecular formula is C36H35N3. The quantitative estimate of drug-likeness (QED) is 0.218. The molecule has 3 aromatic carbocycles. The van der Waals surface area contributed by atoms with Crippen LogP contribution in [0, 0.1) is 0 Å². The number of nitrogens with two attached hydrogens (primary N) is 1. The molecule has 1 aliphatic rings. The molecule has 0 fully saturated rings. The van der Waals surface area contributed by atoms with E-state index in [-0.39, 0.29) is 0 Å². The summed E-state index contributed by atoms with van der Waals surface area (Å²) in [6, 6.07) is 23.9. The fraction of sp³-hybridized carbons (Fsp3) is 0.167. The molecule has 3 nitrogen and oxygen atoms in total. The molecule has 3 heteroatoms. The molecule has 2 heterocycles. The lowest BCUT2D eigenvalue weighted by Crippen LogP contribution is -2.10. The van der Waals surface area contributed by atoms with E-state index >= 15 is 0 Å². The number of hydrogen-bond acceptors (Lipinski definition) is 1. The van der Waals surface area contributed by atoms with Crippen LogP contribution < -0.4 is 5.73 Å². The lowest BCUT2D eigenvalue weighted by Gasteiger charge is -2.13. The highest BCUT2D eigenvalue weighted by atomic mass is 15.1. The van der Waals surface area contributed by atoms with E-state index in [1.165, 1.54) is 55.2 Å². The Morgan fingerprint density at radius 1 is 0.821 bits per heavy atom. The number of aromatic nitrogens is 2. The summed E-state index contributed by atoms with van der Waals surface area (Å²) in [6.45, 7) is 4.36. The molecule has 0 atom stereocenters. The van der Waals surface area contributed by atoms with Gasteiger partial charge in [0.2, 0.25) is 0 Å². The smallest absolute Gasteiger partial charge is 0.108 e. The molecule has 39 heavy (non-hydrogen) atoms. The molecule has 6 rings (SSSR count). The first kappa shape index (κ1) is 24.8. The van der Waals surface area contributed by atoms with Gasteiger partial charge in [0.15, 0.2) is 0 Å². The molecule has 0 saturated heterocycles. The highest BCUT2D eigenvalue weighted by Crippen LogP contribution is 2.39. The van der Waals surface area contributed by atoms with Gasteiger partial charge in [0.25, 0.3) is 0 Å². The molecule has 0 amide bonds. The third kappa shape index (κ3) is 4.55. The Bertz CT molecular complexity index is 1820. The van der Waals surface area contributed by atoms with Gasteiger partial charge < -0.3 is 10.3 Å². The van der Waals surface area contributed by atoms with Gasteiger partial charge in [0, 0.05) is 33.1 Å². The van der Waals surface area contributed by atoms with Crippen molar-refractivity contribution in [3.63, 3.8) is 0 Å². The van der Waals surface area contributed by atoms with Crippen molar-refractivity contribution < 1.29 is 0 Å². The number of allylic oxidation sites excluding steroid dienone is 8. The first-order valence-electron chi connectivity index (χ1n) is 13.9. The summed E-state index contributed by atoms with van der Waals surface area (Å²) >= 11 is 0. The van der Waals surface area contributed by atoms with Crippen LogP contribution in [0.25, 0.3) is 50.3 Å². The Labute approximate surface area is 230 Å². The Hall–Kier alpha value is -4.50. The Balaban J connectivity index is 1.53. The van der Waals surface area contributed by atoms with Crippen molar-refractivity contribution in [2.24, 2.45) is 5.73 Å². The topological polar surface area (TPSA) is 35.9 Å². The van der Waals surface area contributed by atoms with Crippen LogP contribution in [0.5, 0.6) is 0 Å². The molecule has 1 aliphatic carbocycles. The third-order valence-electron chi connectivity index (χ3n) is 7.65. The summed E-state index contributed by atoms with van der Waals surface area (Å²) in [7, 11) is 0. The number of para-hydroxylation sites is 1. The fourth-order valence-corrected chi connectivity index (χ4v) is 5.83.